The number of hydrogen-bond acceptors (Lipinski definition) is 4. The SMILES string of the molecule is CN(c1ncc(F)s1)C1CNC1. The molecule has 0 radical (unpaired) electrons. The second-order valence-corrected chi connectivity index (χ2v) is 3.83. The maximum atomic E-state index is 12.6. The van der Waals surface area contributed by atoms with E-state index in [2.05, 4.69) is 10.3 Å². The highest BCUT2D eigenvalue weighted by Gasteiger charge is 2.23. The smallest absolute Gasteiger partial charge is 0.198 e. The third-order valence-corrected chi connectivity index (χ3v) is 2.95. The molecule has 0 amide bonds. The first kappa shape index (κ1) is 7.94. The molecule has 5 heteroatoms. The highest BCUT2D eigenvalue weighted by atomic mass is 32.1. The van der Waals surface area contributed by atoms with E-state index in [1.807, 2.05) is 11.9 Å². The molecule has 66 valence electrons. The standard InChI is InChI=1S/C7H10FN3S/c1-11(5-2-9-3-5)7-10-4-6(8)12-7/h4-5,9H,2-3H2,1H3. The van der Waals surface area contributed by atoms with Crippen LogP contribution in [0.3, 0.4) is 0 Å². The summed E-state index contributed by atoms with van der Waals surface area (Å²) in [6.45, 7) is 1.94. The number of hydrogen-bond donors (Lipinski definition) is 1. The number of thiazole rings is 1. The maximum absolute atomic E-state index is 12.6. The van der Waals surface area contributed by atoms with Crippen molar-refractivity contribution in [2.45, 2.75) is 6.04 Å². The summed E-state index contributed by atoms with van der Waals surface area (Å²) < 4.78 is 12.6. The Hall–Kier alpha value is -0.680. The van der Waals surface area contributed by atoms with Gasteiger partial charge in [-0.25, -0.2) is 4.98 Å². The summed E-state index contributed by atoms with van der Waals surface area (Å²) in [6.07, 6.45) is 1.27. The van der Waals surface area contributed by atoms with Gasteiger partial charge in [0.05, 0.1) is 12.2 Å². The van der Waals surface area contributed by atoms with Gasteiger partial charge in [-0.2, -0.15) is 4.39 Å². The average Bonchev–Trinajstić information content (AvgIpc) is 2.31. The van der Waals surface area contributed by atoms with Crippen LogP contribution in [0.2, 0.25) is 0 Å². The molecule has 1 aromatic rings. The van der Waals surface area contributed by atoms with E-state index in [1.54, 1.807) is 0 Å². The topological polar surface area (TPSA) is 28.2 Å². The second kappa shape index (κ2) is 2.99. The molecule has 0 aliphatic carbocycles. The Morgan fingerprint density at radius 3 is 2.92 bits per heavy atom. The zero-order valence-electron chi connectivity index (χ0n) is 6.75. The van der Waals surface area contributed by atoms with Crippen LogP contribution in [0, 0.1) is 5.13 Å². The van der Waals surface area contributed by atoms with E-state index in [-0.39, 0.29) is 5.13 Å². The van der Waals surface area contributed by atoms with Crippen molar-refractivity contribution >= 4 is 16.5 Å². The van der Waals surface area contributed by atoms with Crippen LogP contribution in [0.25, 0.3) is 0 Å². The molecule has 0 bridgehead atoms. The number of anilines is 1. The molecule has 0 aromatic carbocycles. The maximum Gasteiger partial charge on any atom is 0.198 e. The van der Waals surface area contributed by atoms with Gasteiger partial charge in [-0.05, 0) is 0 Å². The summed E-state index contributed by atoms with van der Waals surface area (Å²) in [5.41, 5.74) is 0. The second-order valence-electron chi connectivity index (χ2n) is 2.87. The van der Waals surface area contributed by atoms with E-state index in [9.17, 15) is 4.39 Å². The van der Waals surface area contributed by atoms with E-state index < -0.39 is 0 Å². The number of likely N-dealkylation sites (N-methyl/N-ethyl adjacent to an activating group) is 1. The van der Waals surface area contributed by atoms with Gasteiger partial charge in [-0.15, -0.1) is 0 Å². The summed E-state index contributed by atoms with van der Waals surface area (Å²) in [7, 11) is 1.95. The molecule has 0 atom stereocenters. The fourth-order valence-corrected chi connectivity index (χ4v) is 1.79. The number of halogens is 1. The molecule has 1 aromatic heterocycles. The lowest BCUT2D eigenvalue weighted by atomic mass is 10.2. The summed E-state index contributed by atoms with van der Waals surface area (Å²) in [6, 6.07) is 0.482. The number of nitrogens with one attached hydrogen (secondary N) is 1. The van der Waals surface area contributed by atoms with E-state index >= 15 is 0 Å². The summed E-state index contributed by atoms with van der Waals surface area (Å²) in [5.74, 6) is 0. The van der Waals surface area contributed by atoms with Gasteiger partial charge in [0.1, 0.15) is 0 Å². The van der Waals surface area contributed by atoms with Gasteiger partial charge in [-0.3, -0.25) is 0 Å². The fraction of sp³-hybridized carbons (Fsp3) is 0.571. The molecule has 3 nitrogen and oxygen atoms in total. The minimum absolute atomic E-state index is 0.218. The van der Waals surface area contributed by atoms with Gasteiger partial charge in [0.2, 0.25) is 0 Å². The molecule has 0 unspecified atom stereocenters. The Balaban J connectivity index is 2.08. The van der Waals surface area contributed by atoms with Gasteiger partial charge in [0.25, 0.3) is 0 Å². The van der Waals surface area contributed by atoms with E-state index in [4.69, 9.17) is 0 Å². The van der Waals surface area contributed by atoms with Crippen molar-refractivity contribution in [3.05, 3.63) is 11.3 Å². The van der Waals surface area contributed by atoms with Gasteiger partial charge in [0.15, 0.2) is 10.3 Å². The van der Waals surface area contributed by atoms with Gasteiger partial charge < -0.3 is 10.2 Å². The predicted molar refractivity (Wildman–Crippen MR) is 47.1 cm³/mol. The Morgan fingerprint density at radius 1 is 1.75 bits per heavy atom. The first-order valence-corrected chi connectivity index (χ1v) is 4.64. The molecular weight excluding hydrogens is 177 g/mol. The van der Waals surface area contributed by atoms with Crippen LogP contribution >= 0.6 is 11.3 Å². The van der Waals surface area contributed by atoms with Crippen LogP contribution < -0.4 is 10.2 Å². The third kappa shape index (κ3) is 1.30. The Kier molecular flexibility index (Phi) is 1.98. The molecule has 2 rings (SSSR count). The minimum atomic E-state index is -0.218. The average molecular weight is 187 g/mol. The Morgan fingerprint density at radius 2 is 2.50 bits per heavy atom. The highest BCUT2D eigenvalue weighted by Crippen LogP contribution is 2.22. The lowest BCUT2D eigenvalue weighted by Crippen LogP contribution is -2.56. The van der Waals surface area contributed by atoms with E-state index in [0.717, 1.165) is 29.6 Å². The molecule has 12 heavy (non-hydrogen) atoms. The van der Waals surface area contributed by atoms with Crippen LogP contribution in [0.1, 0.15) is 0 Å². The van der Waals surface area contributed by atoms with Gasteiger partial charge in [0, 0.05) is 20.1 Å². The first-order valence-electron chi connectivity index (χ1n) is 3.82. The van der Waals surface area contributed by atoms with Gasteiger partial charge >= 0.3 is 0 Å². The molecule has 2 heterocycles. The molecular formula is C7H10FN3S. The number of aromatic nitrogens is 1. The zero-order valence-corrected chi connectivity index (χ0v) is 7.57. The van der Waals surface area contributed by atoms with Crippen LogP contribution in [0.4, 0.5) is 9.52 Å². The summed E-state index contributed by atoms with van der Waals surface area (Å²) in [4.78, 5) is 5.98. The highest BCUT2D eigenvalue weighted by molar-refractivity contribution is 7.14. The van der Waals surface area contributed by atoms with Crippen LogP contribution in [-0.2, 0) is 0 Å². The fourth-order valence-electron chi connectivity index (χ4n) is 1.11. The normalized spacial score (nSPS) is 17.5. The Bertz CT molecular complexity index is 271. The van der Waals surface area contributed by atoms with Crippen LogP contribution in [0.5, 0.6) is 0 Å². The largest absolute Gasteiger partial charge is 0.346 e. The zero-order chi connectivity index (χ0) is 8.55. The molecule has 0 spiro atoms. The lowest BCUT2D eigenvalue weighted by molar-refractivity contribution is 0.428. The summed E-state index contributed by atoms with van der Waals surface area (Å²) in [5, 5.41) is 3.70. The van der Waals surface area contributed by atoms with E-state index in [0.29, 0.717) is 6.04 Å². The molecule has 1 saturated heterocycles. The lowest BCUT2D eigenvalue weighted by Gasteiger charge is -2.35. The number of nitrogens with zero attached hydrogens (tertiary/aromatic N) is 2. The molecule has 1 fully saturated rings. The number of rotatable bonds is 2. The van der Waals surface area contributed by atoms with Gasteiger partial charge in [-0.1, -0.05) is 11.3 Å². The van der Waals surface area contributed by atoms with Crippen molar-refractivity contribution < 1.29 is 4.39 Å². The Labute approximate surface area is 74.2 Å². The third-order valence-electron chi connectivity index (χ3n) is 2.07. The molecule has 1 aliphatic rings. The van der Waals surface area contributed by atoms with Crippen molar-refractivity contribution in [2.24, 2.45) is 0 Å². The quantitative estimate of drug-likeness (QED) is 0.738. The first-order chi connectivity index (χ1) is 5.77. The van der Waals surface area contributed by atoms with Crippen molar-refractivity contribution in [1.82, 2.24) is 10.3 Å². The van der Waals surface area contributed by atoms with Crippen molar-refractivity contribution in [3.63, 3.8) is 0 Å². The van der Waals surface area contributed by atoms with Crippen molar-refractivity contribution in [3.8, 4) is 0 Å². The summed E-state index contributed by atoms with van der Waals surface area (Å²) >= 11 is 1.09. The molecule has 1 N–H and O–H groups in total. The van der Waals surface area contributed by atoms with E-state index in [1.165, 1.54) is 6.20 Å². The monoisotopic (exact) mass is 187 g/mol. The van der Waals surface area contributed by atoms with Crippen LogP contribution in [-0.4, -0.2) is 31.2 Å². The van der Waals surface area contributed by atoms with Crippen molar-refractivity contribution in [2.75, 3.05) is 25.0 Å². The van der Waals surface area contributed by atoms with Crippen LogP contribution in [0.15, 0.2) is 6.20 Å². The molecule has 0 saturated carbocycles. The van der Waals surface area contributed by atoms with Crippen molar-refractivity contribution in [1.29, 1.82) is 0 Å². The molecule has 1 aliphatic heterocycles. The predicted octanol–water partition coefficient (Wildman–Crippen LogP) is 0.690. The minimum Gasteiger partial charge on any atom is -0.346 e.